The maximum atomic E-state index is 10.8. The molecule has 78 valence electrons. The van der Waals surface area contributed by atoms with Crippen LogP contribution in [0.3, 0.4) is 0 Å². The van der Waals surface area contributed by atoms with E-state index < -0.39 is 0 Å². The average molecular weight is 206 g/mol. The van der Waals surface area contributed by atoms with Gasteiger partial charge in [-0.3, -0.25) is 10.1 Å². The number of rotatable bonds is 2. The molecule has 2 rings (SSSR count). The van der Waals surface area contributed by atoms with Crippen LogP contribution in [0.15, 0.2) is 29.3 Å². The lowest BCUT2D eigenvalue weighted by atomic mass is 10.3. The van der Waals surface area contributed by atoms with Gasteiger partial charge in [0, 0.05) is 0 Å². The third-order valence-electron chi connectivity index (χ3n) is 1.89. The molecule has 0 aromatic heterocycles. The Hall–Kier alpha value is -2.04. The number of amides is 1. The van der Waals surface area contributed by atoms with E-state index in [-0.39, 0.29) is 18.5 Å². The van der Waals surface area contributed by atoms with E-state index in [4.69, 9.17) is 9.47 Å². The number of benzene rings is 1. The van der Waals surface area contributed by atoms with Gasteiger partial charge in [0.05, 0.1) is 7.11 Å². The fourth-order valence-corrected chi connectivity index (χ4v) is 1.22. The molecule has 5 heteroatoms. The Bertz CT molecular complexity index is 415. The Morgan fingerprint density at radius 1 is 1.47 bits per heavy atom. The molecule has 5 nitrogen and oxygen atoms in total. The number of hydrogen-bond acceptors (Lipinski definition) is 4. The third-order valence-corrected chi connectivity index (χ3v) is 1.89. The molecule has 0 unspecified atom stereocenters. The molecule has 0 atom stereocenters. The van der Waals surface area contributed by atoms with Crippen LogP contribution in [0.25, 0.3) is 0 Å². The second-order valence-corrected chi connectivity index (χ2v) is 2.93. The maximum absolute atomic E-state index is 10.8. The first-order chi connectivity index (χ1) is 7.29. The van der Waals surface area contributed by atoms with Crippen molar-refractivity contribution in [2.45, 2.75) is 0 Å². The van der Waals surface area contributed by atoms with Gasteiger partial charge < -0.3 is 9.47 Å². The van der Waals surface area contributed by atoms with Crippen molar-refractivity contribution in [3.63, 3.8) is 0 Å². The monoisotopic (exact) mass is 206 g/mol. The molecule has 1 aromatic rings. The summed E-state index contributed by atoms with van der Waals surface area (Å²) in [5.41, 5.74) is 0.622. The highest BCUT2D eigenvalue weighted by Gasteiger charge is 2.17. The normalized spacial score (nSPS) is 17.4. The predicted octanol–water partition coefficient (Wildman–Crippen LogP) is 0.829. The molecular formula is C10H10N2O3. The molecule has 1 aliphatic rings. The Labute approximate surface area is 86.7 Å². The molecule has 1 N–H and O–H groups in total. The maximum Gasteiger partial charge on any atom is 0.297 e. The van der Waals surface area contributed by atoms with Crippen LogP contribution in [0.5, 0.6) is 5.75 Å². The molecule has 0 radical (unpaired) electrons. The minimum Gasteiger partial charge on any atom is -0.494 e. The van der Waals surface area contributed by atoms with Gasteiger partial charge in [-0.25, -0.2) is 0 Å². The number of methoxy groups -OCH3 is 1. The first kappa shape index (κ1) is 9.51. The number of nitrogens with zero attached hydrogens (tertiary/aromatic N) is 1. The third kappa shape index (κ3) is 2.07. The van der Waals surface area contributed by atoms with Crippen LogP contribution in [-0.2, 0) is 9.53 Å². The fraction of sp³-hybridized carbons (Fsp3) is 0.200. The summed E-state index contributed by atoms with van der Waals surface area (Å²) in [6.45, 7) is 0.0218. The highest BCUT2D eigenvalue weighted by molar-refractivity contribution is 6.00. The van der Waals surface area contributed by atoms with Gasteiger partial charge >= 0.3 is 0 Å². The van der Waals surface area contributed by atoms with Crippen molar-refractivity contribution in [2.75, 3.05) is 13.7 Å². The van der Waals surface area contributed by atoms with E-state index in [9.17, 15) is 4.79 Å². The topological polar surface area (TPSA) is 59.9 Å². The standard InChI is InChI=1S/C10H10N2O3/c1-14-8-5-3-2-4-7(8)11-10-12-9(13)6-15-10/h2-5H,6H2,1H3,(H,11,12,13). The minimum atomic E-state index is -0.191. The van der Waals surface area contributed by atoms with Gasteiger partial charge in [0.1, 0.15) is 11.4 Å². The number of nitrogens with one attached hydrogen (secondary N) is 1. The van der Waals surface area contributed by atoms with Crippen molar-refractivity contribution in [3.05, 3.63) is 24.3 Å². The van der Waals surface area contributed by atoms with Crippen LogP contribution in [0.2, 0.25) is 0 Å². The molecule has 1 aliphatic heterocycles. The van der Waals surface area contributed by atoms with Crippen molar-refractivity contribution in [3.8, 4) is 5.75 Å². The molecule has 1 amide bonds. The predicted molar refractivity (Wildman–Crippen MR) is 54.2 cm³/mol. The van der Waals surface area contributed by atoms with E-state index in [1.807, 2.05) is 12.1 Å². The Balaban J connectivity index is 2.26. The fourth-order valence-electron chi connectivity index (χ4n) is 1.22. The van der Waals surface area contributed by atoms with Gasteiger partial charge in [0.25, 0.3) is 11.9 Å². The zero-order valence-corrected chi connectivity index (χ0v) is 8.19. The lowest BCUT2D eigenvalue weighted by molar-refractivity contribution is -0.119. The summed E-state index contributed by atoms with van der Waals surface area (Å²) >= 11 is 0. The molecule has 1 aromatic carbocycles. The summed E-state index contributed by atoms with van der Waals surface area (Å²) in [5, 5.41) is 2.49. The molecule has 15 heavy (non-hydrogen) atoms. The molecule has 1 fully saturated rings. The Morgan fingerprint density at radius 2 is 2.27 bits per heavy atom. The van der Waals surface area contributed by atoms with Crippen LogP contribution >= 0.6 is 0 Å². The van der Waals surface area contributed by atoms with E-state index >= 15 is 0 Å². The smallest absolute Gasteiger partial charge is 0.297 e. The second-order valence-electron chi connectivity index (χ2n) is 2.93. The van der Waals surface area contributed by atoms with Crippen molar-refractivity contribution in [1.82, 2.24) is 5.32 Å². The molecule has 0 spiro atoms. The first-order valence-corrected chi connectivity index (χ1v) is 4.44. The van der Waals surface area contributed by atoms with E-state index in [0.717, 1.165) is 0 Å². The number of hydrogen-bond donors (Lipinski definition) is 1. The summed E-state index contributed by atoms with van der Waals surface area (Å²) in [6.07, 6.45) is 0. The minimum absolute atomic E-state index is 0.0218. The lowest BCUT2D eigenvalue weighted by Crippen LogP contribution is -2.20. The van der Waals surface area contributed by atoms with Crippen LogP contribution in [-0.4, -0.2) is 25.6 Å². The molecule has 1 saturated heterocycles. The van der Waals surface area contributed by atoms with Crippen LogP contribution in [0, 0.1) is 0 Å². The molecule has 0 bridgehead atoms. The zero-order valence-electron chi connectivity index (χ0n) is 8.19. The Morgan fingerprint density at radius 3 is 2.93 bits per heavy atom. The van der Waals surface area contributed by atoms with Gasteiger partial charge in [-0.15, -0.1) is 0 Å². The summed E-state index contributed by atoms with van der Waals surface area (Å²) in [5.74, 6) is 0.443. The molecular weight excluding hydrogens is 196 g/mol. The van der Waals surface area contributed by atoms with Crippen molar-refractivity contribution >= 4 is 17.6 Å². The summed E-state index contributed by atoms with van der Waals surface area (Å²) < 4.78 is 10.1. The van der Waals surface area contributed by atoms with Gasteiger partial charge in [-0.05, 0) is 12.1 Å². The van der Waals surface area contributed by atoms with E-state index in [1.165, 1.54) is 0 Å². The second kappa shape index (κ2) is 4.00. The van der Waals surface area contributed by atoms with E-state index in [2.05, 4.69) is 10.3 Å². The van der Waals surface area contributed by atoms with Crippen molar-refractivity contribution < 1.29 is 14.3 Å². The SMILES string of the molecule is COc1ccccc1N=C1NC(=O)CO1. The first-order valence-electron chi connectivity index (χ1n) is 4.44. The Kier molecular flexibility index (Phi) is 2.53. The van der Waals surface area contributed by atoms with E-state index in [1.54, 1.807) is 19.2 Å². The quantitative estimate of drug-likeness (QED) is 0.779. The van der Waals surface area contributed by atoms with Gasteiger partial charge in [0.15, 0.2) is 6.61 Å². The van der Waals surface area contributed by atoms with E-state index in [0.29, 0.717) is 11.4 Å². The zero-order chi connectivity index (χ0) is 10.7. The number of aliphatic imine (C=N–C) groups is 1. The van der Waals surface area contributed by atoms with Gasteiger partial charge in [-0.2, -0.15) is 4.99 Å². The largest absolute Gasteiger partial charge is 0.494 e. The lowest BCUT2D eigenvalue weighted by Gasteiger charge is -2.03. The number of carbonyl (C=O) groups excluding carboxylic acids is 1. The van der Waals surface area contributed by atoms with Crippen LogP contribution < -0.4 is 10.1 Å². The van der Waals surface area contributed by atoms with Gasteiger partial charge in [0.2, 0.25) is 0 Å². The number of para-hydroxylation sites is 2. The van der Waals surface area contributed by atoms with Crippen LogP contribution in [0.1, 0.15) is 0 Å². The van der Waals surface area contributed by atoms with Crippen LogP contribution in [0.4, 0.5) is 5.69 Å². The molecule has 0 aliphatic carbocycles. The summed E-state index contributed by atoms with van der Waals surface area (Å²) in [6, 6.07) is 7.45. The molecule has 0 saturated carbocycles. The van der Waals surface area contributed by atoms with Crippen molar-refractivity contribution in [2.24, 2.45) is 4.99 Å². The van der Waals surface area contributed by atoms with Crippen molar-refractivity contribution in [1.29, 1.82) is 0 Å². The number of carbonyl (C=O) groups is 1. The number of ether oxygens (including phenoxy) is 2. The highest BCUT2D eigenvalue weighted by Crippen LogP contribution is 2.26. The highest BCUT2D eigenvalue weighted by atomic mass is 16.5. The van der Waals surface area contributed by atoms with Gasteiger partial charge in [-0.1, -0.05) is 12.1 Å². The molecule has 1 heterocycles. The number of amidine groups is 1. The summed E-state index contributed by atoms with van der Waals surface area (Å²) in [7, 11) is 1.56. The summed E-state index contributed by atoms with van der Waals surface area (Å²) in [4.78, 5) is 15.0. The average Bonchev–Trinajstić information content (AvgIpc) is 2.65.